The quantitative estimate of drug-likeness (QED) is 0.286. The van der Waals surface area contributed by atoms with Crippen molar-refractivity contribution in [2.24, 2.45) is 11.7 Å². The molecule has 1 aromatic carbocycles. The summed E-state index contributed by atoms with van der Waals surface area (Å²) in [6.07, 6.45) is 3.90. The predicted molar refractivity (Wildman–Crippen MR) is 150 cm³/mol. The number of aromatic nitrogens is 4. The lowest BCUT2D eigenvalue weighted by atomic mass is 9.97. The van der Waals surface area contributed by atoms with Crippen molar-refractivity contribution in [2.45, 2.75) is 37.9 Å². The van der Waals surface area contributed by atoms with E-state index in [4.69, 9.17) is 17.3 Å². The Balaban J connectivity index is 1.25. The van der Waals surface area contributed by atoms with E-state index in [0.29, 0.717) is 22.4 Å². The average Bonchev–Trinajstić information content (AvgIpc) is 3.67. The summed E-state index contributed by atoms with van der Waals surface area (Å²) in [6, 6.07) is 14.1. The summed E-state index contributed by atoms with van der Waals surface area (Å²) in [5.74, 6) is -1.48. The van der Waals surface area contributed by atoms with Crippen LogP contribution in [0.2, 0.25) is 5.15 Å². The van der Waals surface area contributed by atoms with E-state index in [-0.39, 0.29) is 46.9 Å². The van der Waals surface area contributed by atoms with Crippen LogP contribution in [-0.2, 0) is 16.1 Å². The van der Waals surface area contributed by atoms with Crippen molar-refractivity contribution in [1.29, 1.82) is 0 Å². The molecule has 2 fully saturated rings. The van der Waals surface area contributed by atoms with Gasteiger partial charge in [-0.3, -0.25) is 28.8 Å². The number of hydrogen-bond acceptors (Lipinski definition) is 7. The van der Waals surface area contributed by atoms with E-state index in [9.17, 15) is 19.2 Å². The van der Waals surface area contributed by atoms with Crippen molar-refractivity contribution < 1.29 is 19.2 Å². The van der Waals surface area contributed by atoms with E-state index in [1.165, 1.54) is 10.9 Å². The number of benzene rings is 1. The van der Waals surface area contributed by atoms with Gasteiger partial charge in [0, 0.05) is 23.3 Å². The molecule has 4 amide bonds. The number of halogens is 1. The number of nitrogens with one attached hydrogen (secondary N) is 2. The molecule has 12 nitrogen and oxygen atoms in total. The number of likely N-dealkylation sites (tertiary alicyclic amines) is 1. The number of piperidine rings is 1. The Morgan fingerprint density at radius 2 is 1.88 bits per heavy atom. The Morgan fingerprint density at radius 3 is 2.63 bits per heavy atom. The monoisotopic (exact) mass is 572 g/mol. The van der Waals surface area contributed by atoms with Crippen LogP contribution < -0.4 is 16.4 Å². The number of anilines is 2. The highest BCUT2D eigenvalue weighted by Gasteiger charge is 2.51. The summed E-state index contributed by atoms with van der Waals surface area (Å²) in [7, 11) is 0. The maximum atomic E-state index is 13.7. The molecule has 1 aliphatic carbocycles. The Morgan fingerprint density at radius 1 is 1.02 bits per heavy atom. The SMILES string of the molecule is NC(=O)c1nn(CC(=O)N2[C@@H]3CC[C@@H](C3)[C@H]2C(=O)Nc2cccc(Cl)n2)c2ccc(NC(=O)c3ccccn3)cc12. The van der Waals surface area contributed by atoms with Crippen LogP contribution in [-0.4, -0.2) is 60.4 Å². The number of rotatable bonds is 7. The van der Waals surface area contributed by atoms with Crippen LogP contribution in [0, 0.1) is 5.92 Å². The second kappa shape index (κ2) is 10.6. The number of carbonyl (C=O) groups is 4. The minimum atomic E-state index is -0.777. The Labute approximate surface area is 238 Å². The van der Waals surface area contributed by atoms with E-state index in [1.807, 2.05) is 0 Å². The van der Waals surface area contributed by atoms with Crippen molar-refractivity contribution in [1.82, 2.24) is 24.6 Å². The van der Waals surface area contributed by atoms with Crippen molar-refractivity contribution in [3.05, 3.63) is 77.3 Å². The first-order valence-electron chi connectivity index (χ1n) is 13.1. The summed E-state index contributed by atoms with van der Waals surface area (Å²) in [5.41, 5.74) is 6.69. The second-order valence-electron chi connectivity index (χ2n) is 10.1. The Bertz CT molecular complexity index is 1690. The summed E-state index contributed by atoms with van der Waals surface area (Å²) >= 11 is 5.96. The third-order valence-corrected chi connectivity index (χ3v) is 7.74. The lowest BCUT2D eigenvalue weighted by Crippen LogP contribution is -2.52. The molecule has 0 unspecified atom stereocenters. The van der Waals surface area contributed by atoms with Crippen molar-refractivity contribution in [2.75, 3.05) is 10.6 Å². The molecule has 3 atom stereocenters. The van der Waals surface area contributed by atoms with Crippen LogP contribution in [0.25, 0.3) is 10.9 Å². The minimum absolute atomic E-state index is 0.0314. The van der Waals surface area contributed by atoms with Gasteiger partial charge in [0.2, 0.25) is 11.8 Å². The zero-order valence-corrected chi connectivity index (χ0v) is 22.4. The topological polar surface area (TPSA) is 165 Å². The van der Waals surface area contributed by atoms with Crippen LogP contribution in [0.15, 0.2) is 60.8 Å². The molecule has 2 bridgehead atoms. The number of fused-ring (bicyclic) bond motifs is 3. The van der Waals surface area contributed by atoms with Gasteiger partial charge in [0.25, 0.3) is 11.8 Å². The molecule has 4 N–H and O–H groups in total. The molecule has 6 rings (SSSR count). The van der Waals surface area contributed by atoms with Gasteiger partial charge >= 0.3 is 0 Å². The molecule has 41 heavy (non-hydrogen) atoms. The average molecular weight is 573 g/mol. The van der Waals surface area contributed by atoms with Gasteiger partial charge in [0.1, 0.15) is 29.3 Å². The minimum Gasteiger partial charge on any atom is -0.364 e. The standard InChI is InChI=1S/C28H25ClN8O4/c29-21-5-3-6-22(33-21)34-28(41)25-15-7-9-17(12-15)37(25)23(38)14-36-20-10-8-16(13-18(20)24(35-36)26(30)39)32-27(40)19-4-1-2-11-31-19/h1-6,8,10-11,13,15,17,25H,7,9,12,14H2,(H2,30,39)(H,32,40)(H,33,34,41)/t15-,17+,25-/m0/s1. The van der Waals surface area contributed by atoms with Gasteiger partial charge < -0.3 is 21.3 Å². The Hall–Kier alpha value is -4.84. The molecule has 4 aromatic rings. The van der Waals surface area contributed by atoms with E-state index in [0.717, 1.165) is 19.3 Å². The Kier molecular flexibility index (Phi) is 6.83. The maximum Gasteiger partial charge on any atom is 0.274 e. The summed E-state index contributed by atoms with van der Waals surface area (Å²) in [4.78, 5) is 61.6. The van der Waals surface area contributed by atoms with Crippen LogP contribution >= 0.6 is 11.6 Å². The largest absolute Gasteiger partial charge is 0.364 e. The fourth-order valence-corrected chi connectivity index (χ4v) is 5.99. The first-order chi connectivity index (χ1) is 19.8. The number of carbonyl (C=O) groups excluding carboxylic acids is 4. The lowest BCUT2D eigenvalue weighted by molar-refractivity contribution is -0.141. The summed E-state index contributed by atoms with van der Waals surface area (Å²) in [5, 5.41) is 10.5. The second-order valence-corrected chi connectivity index (χ2v) is 10.5. The smallest absolute Gasteiger partial charge is 0.274 e. The van der Waals surface area contributed by atoms with Gasteiger partial charge in [0.15, 0.2) is 5.69 Å². The number of hydrogen-bond donors (Lipinski definition) is 3. The molecule has 1 aliphatic heterocycles. The van der Waals surface area contributed by atoms with E-state index >= 15 is 0 Å². The number of pyridine rings is 2. The highest BCUT2D eigenvalue weighted by atomic mass is 35.5. The maximum absolute atomic E-state index is 13.7. The fraction of sp³-hybridized carbons (Fsp3) is 0.250. The summed E-state index contributed by atoms with van der Waals surface area (Å²) in [6.45, 7) is -0.203. The highest BCUT2D eigenvalue weighted by molar-refractivity contribution is 6.29. The van der Waals surface area contributed by atoms with Crippen LogP contribution in [0.1, 0.15) is 40.2 Å². The molecular formula is C28H25ClN8O4. The summed E-state index contributed by atoms with van der Waals surface area (Å²) < 4.78 is 1.40. The van der Waals surface area contributed by atoms with Crippen molar-refractivity contribution in [3.63, 3.8) is 0 Å². The lowest BCUT2D eigenvalue weighted by Gasteiger charge is -2.34. The normalized spacial score (nSPS) is 19.3. The van der Waals surface area contributed by atoms with E-state index in [2.05, 4.69) is 25.7 Å². The van der Waals surface area contributed by atoms with Crippen molar-refractivity contribution >= 4 is 57.6 Å². The molecule has 13 heteroatoms. The molecular weight excluding hydrogens is 548 g/mol. The third-order valence-electron chi connectivity index (χ3n) is 7.53. The predicted octanol–water partition coefficient (Wildman–Crippen LogP) is 2.85. The first-order valence-corrected chi connectivity index (χ1v) is 13.4. The number of nitrogens with zero attached hydrogens (tertiary/aromatic N) is 5. The third kappa shape index (κ3) is 5.09. The molecule has 4 heterocycles. The van der Waals surface area contributed by atoms with Crippen LogP contribution in [0.4, 0.5) is 11.5 Å². The van der Waals surface area contributed by atoms with E-state index < -0.39 is 17.9 Å². The molecule has 1 saturated heterocycles. The van der Waals surface area contributed by atoms with Gasteiger partial charge in [0.05, 0.1) is 5.52 Å². The van der Waals surface area contributed by atoms with E-state index in [1.54, 1.807) is 59.5 Å². The molecule has 3 aromatic heterocycles. The van der Waals surface area contributed by atoms with Crippen LogP contribution in [0.5, 0.6) is 0 Å². The van der Waals surface area contributed by atoms with Gasteiger partial charge in [-0.25, -0.2) is 4.98 Å². The zero-order valence-electron chi connectivity index (χ0n) is 21.7. The molecule has 0 spiro atoms. The highest BCUT2D eigenvalue weighted by Crippen LogP contribution is 2.43. The van der Waals surface area contributed by atoms with Gasteiger partial charge in [-0.05, 0) is 67.6 Å². The van der Waals surface area contributed by atoms with Gasteiger partial charge in [-0.2, -0.15) is 5.10 Å². The number of primary amides is 1. The van der Waals surface area contributed by atoms with Crippen molar-refractivity contribution in [3.8, 4) is 0 Å². The van der Waals surface area contributed by atoms with Gasteiger partial charge in [-0.1, -0.05) is 23.7 Å². The molecule has 1 saturated carbocycles. The number of nitrogens with two attached hydrogens (primary N) is 1. The first kappa shape index (κ1) is 26.4. The fourth-order valence-electron chi connectivity index (χ4n) is 5.82. The zero-order chi connectivity index (χ0) is 28.7. The number of amides is 4. The van der Waals surface area contributed by atoms with Gasteiger partial charge in [-0.15, -0.1) is 0 Å². The van der Waals surface area contributed by atoms with Crippen LogP contribution in [0.3, 0.4) is 0 Å². The molecule has 2 aliphatic rings. The molecule has 208 valence electrons. The molecule has 0 radical (unpaired) electrons.